The zero-order valence-electron chi connectivity index (χ0n) is 9.66. The molecule has 0 fully saturated rings. The van der Waals surface area contributed by atoms with Crippen molar-refractivity contribution in [2.75, 3.05) is 19.0 Å². The van der Waals surface area contributed by atoms with Crippen molar-refractivity contribution in [3.05, 3.63) is 36.4 Å². The standard InChI is InChI=1S/C12H13N3OS/c1-15(2)11-7-8-12(14-13-11)17-10-5-3-9(16)4-6-10/h3-8,16H,1-2H3. The quantitative estimate of drug-likeness (QED) is 0.902. The minimum Gasteiger partial charge on any atom is -0.508 e. The van der Waals surface area contributed by atoms with Crippen LogP contribution in [0.5, 0.6) is 5.75 Å². The summed E-state index contributed by atoms with van der Waals surface area (Å²) in [6.07, 6.45) is 0. The molecule has 0 radical (unpaired) electrons. The Balaban J connectivity index is 2.11. The lowest BCUT2D eigenvalue weighted by Crippen LogP contribution is -2.10. The van der Waals surface area contributed by atoms with Crippen LogP contribution < -0.4 is 4.90 Å². The van der Waals surface area contributed by atoms with E-state index in [9.17, 15) is 5.11 Å². The third kappa shape index (κ3) is 3.10. The van der Waals surface area contributed by atoms with Gasteiger partial charge in [-0.1, -0.05) is 11.8 Å². The second-order valence-corrected chi connectivity index (χ2v) is 4.81. The number of hydrogen-bond donors (Lipinski definition) is 1. The van der Waals surface area contributed by atoms with Gasteiger partial charge < -0.3 is 10.0 Å². The Morgan fingerprint density at radius 1 is 1.00 bits per heavy atom. The zero-order chi connectivity index (χ0) is 12.3. The molecule has 0 aliphatic carbocycles. The summed E-state index contributed by atoms with van der Waals surface area (Å²) in [5.41, 5.74) is 0. The van der Waals surface area contributed by atoms with Crippen LogP contribution in [0.3, 0.4) is 0 Å². The molecule has 0 spiro atoms. The number of phenols is 1. The van der Waals surface area contributed by atoms with Crippen LogP contribution in [0.1, 0.15) is 0 Å². The van der Waals surface area contributed by atoms with E-state index in [1.807, 2.05) is 43.3 Å². The Bertz CT molecular complexity index is 482. The second-order valence-electron chi connectivity index (χ2n) is 3.72. The fraction of sp³-hybridized carbons (Fsp3) is 0.167. The minimum absolute atomic E-state index is 0.267. The molecule has 0 aliphatic heterocycles. The summed E-state index contributed by atoms with van der Waals surface area (Å²) in [5.74, 6) is 1.10. The molecule has 0 unspecified atom stereocenters. The van der Waals surface area contributed by atoms with Gasteiger partial charge >= 0.3 is 0 Å². The third-order valence-electron chi connectivity index (χ3n) is 2.14. The van der Waals surface area contributed by atoms with Crippen molar-refractivity contribution in [3.63, 3.8) is 0 Å². The van der Waals surface area contributed by atoms with E-state index in [1.54, 1.807) is 12.1 Å². The number of nitrogens with zero attached hydrogens (tertiary/aromatic N) is 3. The molecule has 0 atom stereocenters. The van der Waals surface area contributed by atoms with Gasteiger partial charge in [-0.25, -0.2) is 0 Å². The van der Waals surface area contributed by atoms with Crippen molar-refractivity contribution in [1.82, 2.24) is 10.2 Å². The maximum Gasteiger partial charge on any atom is 0.150 e. The molecule has 0 bridgehead atoms. The first kappa shape index (κ1) is 11.7. The van der Waals surface area contributed by atoms with Crippen LogP contribution in [0.4, 0.5) is 5.82 Å². The van der Waals surface area contributed by atoms with Crippen LogP contribution in [-0.2, 0) is 0 Å². The number of phenolic OH excluding ortho intramolecular Hbond substituents is 1. The van der Waals surface area contributed by atoms with Gasteiger partial charge in [0, 0.05) is 19.0 Å². The number of hydrogen-bond acceptors (Lipinski definition) is 5. The van der Waals surface area contributed by atoms with Gasteiger partial charge in [0.05, 0.1) is 0 Å². The molecule has 1 aromatic carbocycles. The van der Waals surface area contributed by atoms with E-state index in [2.05, 4.69) is 10.2 Å². The van der Waals surface area contributed by atoms with Gasteiger partial charge in [0.25, 0.3) is 0 Å². The highest BCUT2D eigenvalue weighted by atomic mass is 32.2. The molecule has 88 valence electrons. The minimum atomic E-state index is 0.267. The van der Waals surface area contributed by atoms with Gasteiger partial charge in [-0.05, 0) is 36.4 Å². The summed E-state index contributed by atoms with van der Waals surface area (Å²) >= 11 is 1.51. The van der Waals surface area contributed by atoms with Gasteiger partial charge in [-0.15, -0.1) is 10.2 Å². The molecule has 1 aromatic heterocycles. The van der Waals surface area contributed by atoms with Gasteiger partial charge in [0.2, 0.25) is 0 Å². The van der Waals surface area contributed by atoms with Gasteiger partial charge in [-0.2, -0.15) is 0 Å². The lowest BCUT2D eigenvalue weighted by molar-refractivity contribution is 0.475. The zero-order valence-corrected chi connectivity index (χ0v) is 10.5. The van der Waals surface area contributed by atoms with Crippen LogP contribution in [0.15, 0.2) is 46.3 Å². The Labute approximate surface area is 104 Å². The third-order valence-corrected chi connectivity index (χ3v) is 3.08. The van der Waals surface area contributed by atoms with Crippen molar-refractivity contribution >= 4 is 17.6 Å². The number of aromatic hydroxyl groups is 1. The fourth-order valence-electron chi connectivity index (χ4n) is 1.24. The predicted molar refractivity (Wildman–Crippen MR) is 68.6 cm³/mol. The predicted octanol–water partition coefficient (Wildman–Crippen LogP) is 2.40. The summed E-state index contributed by atoms with van der Waals surface area (Å²) < 4.78 is 0. The molecule has 0 saturated carbocycles. The molecule has 4 nitrogen and oxygen atoms in total. The lowest BCUT2D eigenvalue weighted by atomic mass is 10.3. The van der Waals surface area contributed by atoms with Crippen LogP contribution in [0.2, 0.25) is 0 Å². The monoisotopic (exact) mass is 247 g/mol. The van der Waals surface area contributed by atoms with E-state index in [0.717, 1.165) is 15.7 Å². The fourth-order valence-corrected chi connectivity index (χ4v) is 1.97. The number of rotatable bonds is 3. The largest absolute Gasteiger partial charge is 0.508 e. The van der Waals surface area contributed by atoms with Crippen molar-refractivity contribution in [2.24, 2.45) is 0 Å². The summed E-state index contributed by atoms with van der Waals surface area (Å²) in [4.78, 5) is 2.93. The molecule has 0 aliphatic rings. The normalized spacial score (nSPS) is 10.2. The van der Waals surface area contributed by atoms with E-state index in [1.165, 1.54) is 11.8 Å². The van der Waals surface area contributed by atoms with E-state index >= 15 is 0 Å². The number of aromatic nitrogens is 2. The van der Waals surface area contributed by atoms with Gasteiger partial charge in [0.15, 0.2) is 5.82 Å². The first-order valence-electron chi connectivity index (χ1n) is 5.13. The molecule has 2 aromatic rings. The summed E-state index contributed by atoms with van der Waals surface area (Å²) in [5, 5.41) is 18.2. The van der Waals surface area contributed by atoms with E-state index < -0.39 is 0 Å². The molecule has 0 saturated heterocycles. The molecule has 5 heteroatoms. The van der Waals surface area contributed by atoms with Crippen LogP contribution >= 0.6 is 11.8 Å². The van der Waals surface area contributed by atoms with Gasteiger partial charge in [0.1, 0.15) is 10.8 Å². The molecular weight excluding hydrogens is 234 g/mol. The van der Waals surface area contributed by atoms with Crippen molar-refractivity contribution in [1.29, 1.82) is 0 Å². The first-order valence-corrected chi connectivity index (χ1v) is 5.95. The second kappa shape index (κ2) is 5.05. The summed E-state index contributed by atoms with van der Waals surface area (Å²) in [6, 6.07) is 10.9. The maximum absolute atomic E-state index is 9.18. The first-order chi connectivity index (χ1) is 8.15. The molecule has 1 heterocycles. The van der Waals surface area contributed by atoms with E-state index in [4.69, 9.17) is 0 Å². The smallest absolute Gasteiger partial charge is 0.150 e. The summed E-state index contributed by atoms with van der Waals surface area (Å²) in [7, 11) is 3.85. The van der Waals surface area contributed by atoms with E-state index in [-0.39, 0.29) is 5.75 Å². The SMILES string of the molecule is CN(C)c1ccc(Sc2ccc(O)cc2)nn1. The molecule has 0 amide bonds. The topological polar surface area (TPSA) is 49.2 Å². The lowest BCUT2D eigenvalue weighted by Gasteiger charge is -2.09. The van der Waals surface area contributed by atoms with Gasteiger partial charge in [-0.3, -0.25) is 0 Å². The highest BCUT2D eigenvalue weighted by Gasteiger charge is 2.01. The average Bonchev–Trinajstić information content (AvgIpc) is 2.33. The van der Waals surface area contributed by atoms with Crippen molar-refractivity contribution in [3.8, 4) is 5.75 Å². The highest BCUT2D eigenvalue weighted by Crippen LogP contribution is 2.27. The van der Waals surface area contributed by atoms with Crippen LogP contribution in [0, 0.1) is 0 Å². The Hall–Kier alpha value is -1.75. The van der Waals surface area contributed by atoms with Crippen LogP contribution in [-0.4, -0.2) is 29.4 Å². The maximum atomic E-state index is 9.18. The Morgan fingerprint density at radius 2 is 1.71 bits per heavy atom. The van der Waals surface area contributed by atoms with E-state index in [0.29, 0.717) is 0 Å². The molecule has 1 N–H and O–H groups in total. The molecule has 2 rings (SSSR count). The van der Waals surface area contributed by atoms with Crippen molar-refractivity contribution in [2.45, 2.75) is 9.92 Å². The highest BCUT2D eigenvalue weighted by molar-refractivity contribution is 7.99. The molecule has 17 heavy (non-hydrogen) atoms. The summed E-state index contributed by atoms with van der Waals surface area (Å²) in [6.45, 7) is 0. The average molecular weight is 247 g/mol. The van der Waals surface area contributed by atoms with Crippen LogP contribution in [0.25, 0.3) is 0 Å². The number of anilines is 1. The van der Waals surface area contributed by atoms with Crippen molar-refractivity contribution < 1.29 is 5.11 Å². The Morgan fingerprint density at radius 3 is 2.24 bits per heavy atom. The number of benzene rings is 1. The molecular formula is C12H13N3OS. The Kier molecular flexibility index (Phi) is 3.49.